The molecule has 28 heavy (non-hydrogen) atoms. The van der Waals surface area contributed by atoms with Gasteiger partial charge in [0.05, 0.1) is 6.54 Å². The fourth-order valence-electron chi connectivity index (χ4n) is 1.59. The number of sulfonamides is 1. The van der Waals surface area contributed by atoms with E-state index >= 15 is 0 Å². The van der Waals surface area contributed by atoms with Crippen LogP contribution in [0.5, 0.6) is 0 Å². The van der Waals surface area contributed by atoms with Crippen molar-refractivity contribution in [3.05, 3.63) is 0 Å². The average molecular weight is 454 g/mol. The van der Waals surface area contributed by atoms with Crippen LogP contribution in [0.25, 0.3) is 0 Å². The molecule has 0 saturated heterocycles. The molecule has 1 unspecified atom stereocenters. The number of ether oxygens (including phenoxy) is 2. The summed E-state index contributed by atoms with van der Waals surface area (Å²) in [5.41, 5.74) is -11.1. The van der Waals surface area contributed by atoms with Gasteiger partial charge in [0.15, 0.2) is 5.41 Å². The predicted molar refractivity (Wildman–Crippen MR) is 90.4 cm³/mol. The number of rotatable bonds is 6. The van der Waals surface area contributed by atoms with Crippen molar-refractivity contribution in [2.45, 2.75) is 65.2 Å². The van der Waals surface area contributed by atoms with Gasteiger partial charge in [-0.1, -0.05) is 0 Å². The van der Waals surface area contributed by atoms with Gasteiger partial charge < -0.3 is 14.0 Å². The number of esters is 2. The summed E-state index contributed by atoms with van der Waals surface area (Å²) in [6.07, 6.45) is 0. The molecular formula is C14H23F3NO8S2-. The number of carbonyl (C=O) groups is 2. The van der Waals surface area contributed by atoms with Gasteiger partial charge in [0.1, 0.15) is 11.2 Å². The maximum Gasteiger partial charge on any atom is 0.512 e. The molecule has 0 aliphatic heterocycles. The highest BCUT2D eigenvalue weighted by Crippen LogP contribution is 2.33. The minimum Gasteiger partial charge on any atom is -0.759 e. The summed E-state index contributed by atoms with van der Waals surface area (Å²) in [5, 5.41) is 0. The Bertz CT molecular complexity index is 707. The number of carbonyl (C=O) groups excluding carboxylic acids is 2. The quantitative estimate of drug-likeness (QED) is 0.336. The first-order valence-electron chi connectivity index (χ1n) is 7.70. The van der Waals surface area contributed by atoms with E-state index in [-0.39, 0.29) is 0 Å². The largest absolute Gasteiger partial charge is 0.759 e. The standard InChI is InChI=1S/C14H24F3NO8S2/c1-11(2,3)25-9(19)13(7,10(20)26-12(4,5)6)8-18(27(21)22)28(23,24)14(15,16)17/h8H2,1-7H3,(H,21,22)/p-1. The van der Waals surface area contributed by atoms with Crippen molar-refractivity contribution >= 4 is 33.2 Å². The van der Waals surface area contributed by atoms with Gasteiger partial charge in [-0.3, -0.25) is 13.8 Å². The first-order chi connectivity index (χ1) is 12.0. The predicted octanol–water partition coefficient (Wildman–Crippen LogP) is 1.62. The van der Waals surface area contributed by atoms with Crippen molar-refractivity contribution in [3.63, 3.8) is 0 Å². The number of hydrogen-bond donors (Lipinski definition) is 0. The van der Waals surface area contributed by atoms with Gasteiger partial charge in [-0.2, -0.15) is 13.2 Å². The molecule has 0 aliphatic rings. The van der Waals surface area contributed by atoms with E-state index in [9.17, 15) is 39.9 Å². The van der Waals surface area contributed by atoms with Crippen LogP contribution in [0.3, 0.4) is 0 Å². The zero-order valence-corrected chi connectivity index (χ0v) is 18.0. The summed E-state index contributed by atoms with van der Waals surface area (Å²) in [5.74, 6) is -2.91. The molecule has 0 radical (unpaired) electrons. The smallest absolute Gasteiger partial charge is 0.512 e. The van der Waals surface area contributed by atoms with Crippen molar-refractivity contribution in [1.82, 2.24) is 3.71 Å². The van der Waals surface area contributed by atoms with E-state index in [2.05, 4.69) is 0 Å². The van der Waals surface area contributed by atoms with Crippen molar-refractivity contribution in [2.75, 3.05) is 6.54 Å². The summed E-state index contributed by atoms with van der Waals surface area (Å²) >= 11 is -3.99. The second-order valence-corrected chi connectivity index (χ2v) is 10.9. The molecule has 0 rings (SSSR count). The van der Waals surface area contributed by atoms with Crippen LogP contribution in [0.4, 0.5) is 13.2 Å². The Morgan fingerprint density at radius 3 is 1.46 bits per heavy atom. The van der Waals surface area contributed by atoms with Crippen LogP contribution >= 0.6 is 0 Å². The van der Waals surface area contributed by atoms with E-state index in [1.807, 2.05) is 0 Å². The van der Waals surface area contributed by atoms with Gasteiger partial charge in [0, 0.05) is 11.3 Å². The van der Waals surface area contributed by atoms with Crippen LogP contribution in [0.15, 0.2) is 0 Å². The molecular weight excluding hydrogens is 431 g/mol. The van der Waals surface area contributed by atoms with Crippen LogP contribution in [-0.4, -0.2) is 56.1 Å². The molecule has 0 N–H and O–H groups in total. The fraction of sp³-hybridized carbons (Fsp3) is 0.857. The van der Waals surface area contributed by atoms with E-state index in [1.165, 1.54) is 41.5 Å². The Hall–Kier alpha value is -1.25. The highest BCUT2D eigenvalue weighted by molar-refractivity contribution is 7.99. The Morgan fingerprint density at radius 1 is 0.929 bits per heavy atom. The van der Waals surface area contributed by atoms with Crippen molar-refractivity contribution in [1.29, 1.82) is 0 Å². The maximum atomic E-state index is 12.8. The molecule has 0 fully saturated rings. The number of nitrogens with zero attached hydrogens (tertiary/aromatic N) is 1. The van der Waals surface area contributed by atoms with Gasteiger partial charge >= 0.3 is 27.5 Å². The molecule has 166 valence electrons. The fourth-order valence-corrected chi connectivity index (χ4v) is 3.50. The Balaban J connectivity index is 6.35. The molecule has 0 aromatic heterocycles. The summed E-state index contributed by atoms with van der Waals surface area (Å²) < 4.78 is 93.0. The van der Waals surface area contributed by atoms with Crippen molar-refractivity contribution in [3.8, 4) is 0 Å². The van der Waals surface area contributed by atoms with Gasteiger partial charge in [-0.05, 0) is 48.5 Å². The number of alkyl halides is 3. The first kappa shape index (κ1) is 26.8. The topological polar surface area (TPSA) is 130 Å². The second-order valence-electron chi connectivity index (χ2n) is 7.96. The van der Waals surface area contributed by atoms with Crippen LogP contribution in [0.1, 0.15) is 48.5 Å². The van der Waals surface area contributed by atoms with E-state index in [1.54, 1.807) is 0 Å². The molecule has 9 nitrogen and oxygen atoms in total. The maximum absolute atomic E-state index is 12.8. The van der Waals surface area contributed by atoms with Gasteiger partial charge in [0.2, 0.25) is 0 Å². The molecule has 0 heterocycles. The number of halogens is 3. The highest BCUT2D eigenvalue weighted by atomic mass is 32.3. The van der Waals surface area contributed by atoms with Gasteiger partial charge in [-0.25, -0.2) is 8.42 Å². The Labute approximate surface area is 164 Å². The number of hydrogen-bond acceptors (Lipinski definition) is 8. The van der Waals surface area contributed by atoms with Gasteiger partial charge in [-0.15, -0.1) is 3.71 Å². The third kappa shape index (κ3) is 6.97. The average Bonchev–Trinajstić information content (AvgIpc) is 2.38. The van der Waals surface area contributed by atoms with Gasteiger partial charge in [0.25, 0.3) is 0 Å². The minimum atomic E-state index is -6.42. The van der Waals surface area contributed by atoms with E-state index in [0.29, 0.717) is 0 Å². The van der Waals surface area contributed by atoms with Crippen LogP contribution in [-0.2, 0) is 40.4 Å². The van der Waals surface area contributed by atoms with Crippen LogP contribution in [0, 0.1) is 5.41 Å². The zero-order chi connectivity index (χ0) is 22.9. The van der Waals surface area contributed by atoms with Crippen molar-refractivity contribution < 1.29 is 49.4 Å². The molecule has 0 aliphatic carbocycles. The molecule has 0 saturated carbocycles. The summed E-state index contributed by atoms with van der Waals surface area (Å²) in [4.78, 5) is 25.0. The third-order valence-electron chi connectivity index (χ3n) is 2.87. The molecule has 0 spiro atoms. The summed E-state index contributed by atoms with van der Waals surface area (Å²) in [7, 11) is -6.42. The summed E-state index contributed by atoms with van der Waals surface area (Å²) in [6, 6.07) is 0. The lowest BCUT2D eigenvalue weighted by atomic mass is 9.90. The zero-order valence-electron chi connectivity index (χ0n) is 16.4. The monoisotopic (exact) mass is 454 g/mol. The minimum absolute atomic E-state index is 0.737. The lowest BCUT2D eigenvalue weighted by Crippen LogP contribution is -2.54. The molecule has 1 atom stereocenters. The van der Waals surface area contributed by atoms with E-state index < -0.39 is 65.6 Å². The SMILES string of the molecule is CC(C)(C)OC(=O)C(C)(CN(S(=O)[O-])S(=O)(=O)C(F)(F)F)C(=O)OC(C)(C)C. The molecule has 0 aromatic carbocycles. The normalized spacial score (nSPS) is 15.3. The van der Waals surface area contributed by atoms with Crippen LogP contribution < -0.4 is 0 Å². The third-order valence-corrected chi connectivity index (χ3v) is 5.54. The Kier molecular flexibility index (Phi) is 7.87. The summed E-state index contributed by atoms with van der Waals surface area (Å²) in [6.45, 7) is 7.35. The second kappa shape index (κ2) is 8.24. The lowest BCUT2D eigenvalue weighted by Gasteiger charge is -2.35. The molecule has 0 amide bonds. The lowest BCUT2D eigenvalue weighted by molar-refractivity contribution is -0.184. The first-order valence-corrected chi connectivity index (χ1v) is 10.2. The van der Waals surface area contributed by atoms with E-state index in [4.69, 9.17) is 9.47 Å². The van der Waals surface area contributed by atoms with Crippen LogP contribution in [0.2, 0.25) is 0 Å². The Morgan fingerprint density at radius 2 is 1.25 bits per heavy atom. The molecule has 0 aromatic rings. The van der Waals surface area contributed by atoms with Crippen molar-refractivity contribution in [2.24, 2.45) is 5.41 Å². The van der Waals surface area contributed by atoms with E-state index in [0.717, 1.165) is 6.92 Å². The highest BCUT2D eigenvalue weighted by Gasteiger charge is 2.56. The molecule has 14 heteroatoms. The molecule has 0 bridgehead atoms.